The quantitative estimate of drug-likeness (QED) is 0.564. The Bertz CT molecular complexity index is 1090. The molecule has 1 amide bonds. The van der Waals surface area contributed by atoms with Gasteiger partial charge in [-0.15, -0.1) is 0 Å². The molecule has 3 rings (SSSR count). The van der Waals surface area contributed by atoms with E-state index in [1.807, 2.05) is 6.07 Å². The van der Waals surface area contributed by atoms with Crippen LogP contribution in [0.5, 0.6) is 5.75 Å². The van der Waals surface area contributed by atoms with E-state index in [0.717, 1.165) is 5.56 Å². The maximum Gasteiger partial charge on any atom is 0.336 e. The number of phenols is 1. The van der Waals surface area contributed by atoms with Crippen LogP contribution in [0.1, 0.15) is 16.7 Å². The molecule has 7 heteroatoms. The molecule has 28 heavy (non-hydrogen) atoms. The average molecular weight is 381 g/mol. The number of carbonyl (C=O) groups excluding carboxylic acids is 1. The van der Waals surface area contributed by atoms with Crippen LogP contribution in [0.25, 0.3) is 11.0 Å². The minimum absolute atomic E-state index is 0.0222. The lowest BCUT2D eigenvalue weighted by atomic mass is 10.0. The van der Waals surface area contributed by atoms with Gasteiger partial charge in [0, 0.05) is 23.4 Å². The van der Waals surface area contributed by atoms with Gasteiger partial charge in [-0.1, -0.05) is 30.3 Å². The Morgan fingerprint density at radius 3 is 2.54 bits per heavy atom. The number of hydrogen-bond donors (Lipinski definition) is 3. The zero-order valence-electron chi connectivity index (χ0n) is 15.1. The van der Waals surface area contributed by atoms with E-state index in [9.17, 15) is 24.6 Å². The monoisotopic (exact) mass is 381 g/mol. The molecular weight excluding hydrogens is 362 g/mol. The van der Waals surface area contributed by atoms with Crippen molar-refractivity contribution >= 4 is 22.8 Å². The second-order valence-electron chi connectivity index (χ2n) is 6.50. The molecule has 0 fully saturated rings. The van der Waals surface area contributed by atoms with Crippen molar-refractivity contribution in [1.29, 1.82) is 0 Å². The van der Waals surface area contributed by atoms with Crippen molar-refractivity contribution in [3.05, 3.63) is 75.6 Å². The van der Waals surface area contributed by atoms with Crippen molar-refractivity contribution in [1.82, 2.24) is 5.32 Å². The molecule has 7 nitrogen and oxygen atoms in total. The Balaban J connectivity index is 1.83. The minimum Gasteiger partial charge on any atom is -0.508 e. The Morgan fingerprint density at radius 1 is 1.14 bits per heavy atom. The number of aliphatic carboxylic acids is 1. The second-order valence-corrected chi connectivity index (χ2v) is 6.50. The van der Waals surface area contributed by atoms with Gasteiger partial charge in [-0.2, -0.15) is 0 Å². The number of phenolic OH excluding ortho intramolecular Hbond substituents is 1. The lowest BCUT2D eigenvalue weighted by molar-refractivity contribution is -0.141. The number of nitrogens with one attached hydrogen (secondary N) is 1. The summed E-state index contributed by atoms with van der Waals surface area (Å²) in [6, 6.07) is 12.1. The summed E-state index contributed by atoms with van der Waals surface area (Å²) >= 11 is 0. The summed E-state index contributed by atoms with van der Waals surface area (Å²) in [6.07, 6.45) is -0.0442. The molecule has 0 unspecified atom stereocenters. The molecule has 0 bridgehead atoms. The smallest absolute Gasteiger partial charge is 0.336 e. The van der Waals surface area contributed by atoms with E-state index in [2.05, 4.69) is 5.32 Å². The van der Waals surface area contributed by atoms with Crippen LogP contribution in [0.15, 0.2) is 57.7 Å². The largest absolute Gasteiger partial charge is 0.508 e. The number of carboxylic acid groups (broad SMARTS) is 1. The molecule has 1 aromatic heterocycles. The Morgan fingerprint density at radius 2 is 1.86 bits per heavy atom. The van der Waals surface area contributed by atoms with Crippen molar-refractivity contribution < 1.29 is 24.2 Å². The highest BCUT2D eigenvalue weighted by molar-refractivity contribution is 5.91. The number of fused-ring (bicyclic) bond motifs is 1. The second kappa shape index (κ2) is 7.96. The lowest BCUT2D eigenvalue weighted by Crippen LogP contribution is -2.43. The van der Waals surface area contributed by atoms with Crippen molar-refractivity contribution in [2.24, 2.45) is 0 Å². The standard InChI is InChI=1S/C21H19NO6/c1-12-17(23)8-7-15-14(11-19(25)28-20(12)15)10-18(24)22-16(21(26)27)9-13-5-3-2-4-6-13/h2-8,11,16,23H,9-10H2,1H3,(H,22,24)(H,26,27)/t16-/m0/s1. The number of benzene rings is 2. The van der Waals surface area contributed by atoms with Crippen LogP contribution in [-0.4, -0.2) is 28.1 Å². The first kappa shape index (κ1) is 19.2. The molecule has 1 atom stereocenters. The molecule has 0 saturated carbocycles. The number of carboxylic acids is 1. The topological polar surface area (TPSA) is 117 Å². The normalized spacial score (nSPS) is 11.9. The van der Waals surface area contributed by atoms with Crippen LogP contribution in [-0.2, 0) is 22.4 Å². The van der Waals surface area contributed by atoms with Gasteiger partial charge in [0.25, 0.3) is 0 Å². The molecule has 3 N–H and O–H groups in total. The Hall–Kier alpha value is -3.61. The van der Waals surface area contributed by atoms with Gasteiger partial charge in [-0.05, 0) is 30.2 Å². The summed E-state index contributed by atoms with van der Waals surface area (Å²) in [5, 5.41) is 22.2. The molecule has 0 aliphatic rings. The highest BCUT2D eigenvalue weighted by atomic mass is 16.4. The molecule has 1 heterocycles. The van der Waals surface area contributed by atoms with Gasteiger partial charge in [0.1, 0.15) is 17.4 Å². The van der Waals surface area contributed by atoms with Crippen LogP contribution in [0.2, 0.25) is 0 Å². The van der Waals surface area contributed by atoms with E-state index in [4.69, 9.17) is 4.42 Å². The van der Waals surface area contributed by atoms with Crippen LogP contribution in [0, 0.1) is 6.92 Å². The van der Waals surface area contributed by atoms with Crippen LogP contribution in [0.3, 0.4) is 0 Å². The van der Waals surface area contributed by atoms with Gasteiger partial charge < -0.3 is 19.9 Å². The number of rotatable bonds is 6. The Kier molecular flexibility index (Phi) is 5.44. The van der Waals surface area contributed by atoms with E-state index in [1.54, 1.807) is 37.3 Å². The molecule has 144 valence electrons. The number of aromatic hydroxyl groups is 1. The van der Waals surface area contributed by atoms with Gasteiger partial charge >= 0.3 is 11.6 Å². The fourth-order valence-corrected chi connectivity index (χ4v) is 3.03. The third-order valence-corrected chi connectivity index (χ3v) is 4.48. The van der Waals surface area contributed by atoms with Crippen LogP contribution >= 0.6 is 0 Å². The maximum absolute atomic E-state index is 12.5. The van der Waals surface area contributed by atoms with Gasteiger partial charge in [0.05, 0.1) is 6.42 Å². The van der Waals surface area contributed by atoms with Crippen LogP contribution in [0.4, 0.5) is 0 Å². The zero-order chi connectivity index (χ0) is 20.3. The molecule has 0 saturated heterocycles. The summed E-state index contributed by atoms with van der Waals surface area (Å²) in [4.78, 5) is 35.8. The van der Waals surface area contributed by atoms with E-state index in [1.165, 1.54) is 12.1 Å². The molecule has 3 aromatic rings. The number of amides is 1. The summed E-state index contributed by atoms with van der Waals surface area (Å²) in [5.74, 6) is -1.69. The minimum atomic E-state index is -1.14. The zero-order valence-corrected chi connectivity index (χ0v) is 15.1. The van der Waals surface area contributed by atoms with Gasteiger partial charge in [0.15, 0.2) is 0 Å². The summed E-state index contributed by atoms with van der Waals surface area (Å²) in [7, 11) is 0. The molecule has 0 spiro atoms. The van der Waals surface area contributed by atoms with E-state index < -0.39 is 23.5 Å². The van der Waals surface area contributed by atoms with Crippen LogP contribution < -0.4 is 10.9 Å². The van der Waals surface area contributed by atoms with Crippen molar-refractivity contribution in [2.45, 2.75) is 25.8 Å². The van der Waals surface area contributed by atoms with E-state index in [0.29, 0.717) is 16.5 Å². The van der Waals surface area contributed by atoms with Crippen molar-refractivity contribution in [3.63, 3.8) is 0 Å². The first-order valence-corrected chi connectivity index (χ1v) is 8.66. The molecule has 0 radical (unpaired) electrons. The first-order valence-electron chi connectivity index (χ1n) is 8.66. The number of hydrogen-bond acceptors (Lipinski definition) is 5. The molecular formula is C21H19NO6. The first-order chi connectivity index (χ1) is 13.3. The fourth-order valence-electron chi connectivity index (χ4n) is 3.03. The number of carbonyl (C=O) groups is 2. The van der Waals surface area contributed by atoms with E-state index >= 15 is 0 Å². The van der Waals surface area contributed by atoms with E-state index in [-0.39, 0.29) is 24.2 Å². The average Bonchev–Trinajstić information content (AvgIpc) is 2.65. The molecule has 0 aliphatic carbocycles. The van der Waals surface area contributed by atoms with Gasteiger partial charge in [0.2, 0.25) is 5.91 Å². The Labute approximate surface area is 160 Å². The van der Waals surface area contributed by atoms with Crippen molar-refractivity contribution in [2.75, 3.05) is 0 Å². The summed E-state index contributed by atoms with van der Waals surface area (Å²) in [5.41, 5.74) is 1.13. The van der Waals surface area contributed by atoms with Crippen molar-refractivity contribution in [3.8, 4) is 5.75 Å². The SMILES string of the molecule is Cc1c(O)ccc2c(CC(=O)N[C@@H](Cc3ccccc3)C(=O)O)cc(=O)oc12. The highest BCUT2D eigenvalue weighted by Crippen LogP contribution is 2.27. The summed E-state index contributed by atoms with van der Waals surface area (Å²) in [6.45, 7) is 1.60. The van der Waals surface area contributed by atoms with Gasteiger partial charge in [-0.25, -0.2) is 9.59 Å². The molecule has 0 aliphatic heterocycles. The maximum atomic E-state index is 12.5. The predicted molar refractivity (Wildman–Crippen MR) is 102 cm³/mol. The number of aryl methyl sites for hydroxylation is 1. The predicted octanol–water partition coefficient (Wildman–Crippen LogP) is 2.16. The fraction of sp³-hybridized carbons (Fsp3) is 0.190. The third kappa shape index (κ3) is 4.20. The van der Waals surface area contributed by atoms with Gasteiger partial charge in [-0.3, -0.25) is 4.79 Å². The summed E-state index contributed by atoms with van der Waals surface area (Å²) < 4.78 is 5.15. The lowest BCUT2D eigenvalue weighted by Gasteiger charge is -2.15. The highest BCUT2D eigenvalue weighted by Gasteiger charge is 2.21. The third-order valence-electron chi connectivity index (χ3n) is 4.48. The molecule has 2 aromatic carbocycles.